The zero-order chi connectivity index (χ0) is 20.9. The summed E-state index contributed by atoms with van der Waals surface area (Å²) in [5, 5.41) is 2.66. The van der Waals surface area contributed by atoms with Crippen LogP contribution in [0.2, 0.25) is 0 Å². The van der Waals surface area contributed by atoms with Crippen molar-refractivity contribution in [1.29, 1.82) is 0 Å². The maximum Gasteiger partial charge on any atom is 0.422 e. The van der Waals surface area contributed by atoms with Gasteiger partial charge in [0.25, 0.3) is 11.5 Å². The quantitative estimate of drug-likeness (QED) is 0.653. The van der Waals surface area contributed by atoms with Crippen LogP contribution in [0.5, 0.6) is 5.75 Å². The smallest absolute Gasteiger partial charge is 0.422 e. The van der Waals surface area contributed by atoms with Gasteiger partial charge < -0.3 is 19.0 Å². The molecule has 0 fully saturated rings. The highest BCUT2D eigenvalue weighted by Crippen LogP contribution is 2.19. The Morgan fingerprint density at radius 3 is 2.52 bits per heavy atom. The van der Waals surface area contributed by atoms with Gasteiger partial charge in [0.15, 0.2) is 12.4 Å². The number of ether oxygens (including phenoxy) is 1. The number of furan rings is 1. The molecular weight excluding hydrogens is 389 g/mol. The lowest BCUT2D eigenvalue weighted by atomic mass is 10.2. The molecule has 0 saturated heterocycles. The van der Waals surface area contributed by atoms with Crippen LogP contribution < -0.4 is 15.6 Å². The van der Waals surface area contributed by atoms with E-state index in [4.69, 9.17) is 4.42 Å². The first-order valence-corrected chi connectivity index (χ1v) is 8.61. The first-order chi connectivity index (χ1) is 13.8. The highest BCUT2D eigenvalue weighted by Gasteiger charge is 2.28. The topological polar surface area (TPSA) is 73.5 Å². The summed E-state index contributed by atoms with van der Waals surface area (Å²) in [6, 6.07) is 13.8. The van der Waals surface area contributed by atoms with Gasteiger partial charge in [0.05, 0.1) is 6.54 Å². The van der Waals surface area contributed by atoms with Crippen molar-refractivity contribution in [3.05, 3.63) is 88.2 Å². The Morgan fingerprint density at radius 2 is 1.83 bits per heavy atom. The molecule has 9 heteroatoms. The van der Waals surface area contributed by atoms with E-state index in [0.717, 1.165) is 0 Å². The average molecular weight is 406 g/mol. The molecule has 0 aliphatic heterocycles. The molecular formula is C20H17F3N2O4. The van der Waals surface area contributed by atoms with Crippen molar-refractivity contribution in [2.24, 2.45) is 0 Å². The fraction of sp³-hybridized carbons (Fsp3) is 0.200. The molecule has 0 aliphatic carbocycles. The Labute approximate surface area is 163 Å². The molecule has 0 unspecified atom stereocenters. The number of nitrogens with zero attached hydrogens (tertiary/aromatic N) is 1. The predicted octanol–water partition coefficient (Wildman–Crippen LogP) is 3.36. The average Bonchev–Trinajstić information content (AvgIpc) is 3.15. The van der Waals surface area contributed by atoms with E-state index in [1.807, 2.05) is 0 Å². The van der Waals surface area contributed by atoms with Gasteiger partial charge in [-0.05, 0) is 35.9 Å². The summed E-state index contributed by atoms with van der Waals surface area (Å²) in [5.74, 6) is 0.182. The molecule has 1 N–H and O–H groups in total. The Bertz CT molecular complexity index is 1020. The number of halogens is 3. The minimum atomic E-state index is -4.40. The van der Waals surface area contributed by atoms with Crippen LogP contribution in [-0.2, 0) is 13.1 Å². The van der Waals surface area contributed by atoms with Crippen LogP contribution in [0.25, 0.3) is 0 Å². The highest BCUT2D eigenvalue weighted by molar-refractivity contribution is 5.91. The van der Waals surface area contributed by atoms with Crippen molar-refractivity contribution in [2.45, 2.75) is 19.3 Å². The van der Waals surface area contributed by atoms with E-state index >= 15 is 0 Å². The summed E-state index contributed by atoms with van der Waals surface area (Å²) in [6.07, 6.45) is -2.78. The number of carbonyl (C=O) groups excluding carboxylic acids is 1. The number of carbonyl (C=O) groups is 1. The van der Waals surface area contributed by atoms with Crippen LogP contribution in [-0.4, -0.2) is 23.3 Å². The van der Waals surface area contributed by atoms with Gasteiger partial charge in [0, 0.05) is 18.8 Å². The molecule has 3 rings (SSSR count). The van der Waals surface area contributed by atoms with Gasteiger partial charge in [0.1, 0.15) is 11.5 Å². The largest absolute Gasteiger partial charge is 0.484 e. The van der Waals surface area contributed by atoms with Gasteiger partial charge in [0.2, 0.25) is 0 Å². The number of pyridine rings is 1. The number of benzene rings is 1. The first-order valence-electron chi connectivity index (χ1n) is 8.61. The summed E-state index contributed by atoms with van der Waals surface area (Å²) in [7, 11) is 0. The molecule has 29 heavy (non-hydrogen) atoms. The Balaban J connectivity index is 1.53. The maximum atomic E-state index is 12.2. The fourth-order valence-electron chi connectivity index (χ4n) is 2.48. The van der Waals surface area contributed by atoms with Crippen molar-refractivity contribution in [2.75, 3.05) is 6.61 Å². The van der Waals surface area contributed by atoms with Crippen molar-refractivity contribution in [3.63, 3.8) is 0 Å². The third-order valence-electron chi connectivity index (χ3n) is 3.89. The second-order valence-corrected chi connectivity index (χ2v) is 6.16. The number of nitrogens with one attached hydrogen (secondary N) is 1. The van der Waals surface area contributed by atoms with Crippen LogP contribution in [0.1, 0.15) is 21.9 Å². The summed E-state index contributed by atoms with van der Waals surface area (Å²) >= 11 is 0. The number of amides is 1. The van der Waals surface area contributed by atoms with Crippen LogP contribution in [0.3, 0.4) is 0 Å². The molecule has 0 aliphatic rings. The molecule has 1 aromatic carbocycles. The number of hydrogen-bond acceptors (Lipinski definition) is 4. The number of aromatic nitrogens is 1. The fourth-order valence-corrected chi connectivity index (χ4v) is 2.48. The van der Waals surface area contributed by atoms with Crippen molar-refractivity contribution >= 4 is 5.91 Å². The van der Waals surface area contributed by atoms with E-state index in [2.05, 4.69) is 10.1 Å². The summed E-state index contributed by atoms with van der Waals surface area (Å²) < 4.78 is 48.0. The Kier molecular flexibility index (Phi) is 6.06. The third kappa shape index (κ3) is 6.00. The Morgan fingerprint density at radius 1 is 1.07 bits per heavy atom. The highest BCUT2D eigenvalue weighted by atomic mass is 19.4. The van der Waals surface area contributed by atoms with E-state index < -0.39 is 18.7 Å². The second kappa shape index (κ2) is 8.68. The van der Waals surface area contributed by atoms with Gasteiger partial charge in [-0.1, -0.05) is 18.2 Å². The molecule has 6 nitrogen and oxygen atoms in total. The van der Waals surface area contributed by atoms with Crippen molar-refractivity contribution < 1.29 is 27.1 Å². The lowest BCUT2D eigenvalue weighted by Gasteiger charge is -2.09. The summed E-state index contributed by atoms with van der Waals surface area (Å²) in [5.41, 5.74) is 0.498. The maximum absolute atomic E-state index is 12.2. The monoisotopic (exact) mass is 406 g/mol. The van der Waals surface area contributed by atoms with Gasteiger partial charge >= 0.3 is 6.18 Å². The second-order valence-electron chi connectivity index (χ2n) is 6.16. The summed E-state index contributed by atoms with van der Waals surface area (Å²) in [4.78, 5) is 23.9. The molecule has 152 valence electrons. The van der Waals surface area contributed by atoms with E-state index in [1.54, 1.807) is 36.5 Å². The molecule has 0 atom stereocenters. The normalized spacial score (nSPS) is 11.3. The zero-order valence-corrected chi connectivity index (χ0v) is 15.1. The minimum Gasteiger partial charge on any atom is -0.484 e. The molecule has 0 bridgehead atoms. The van der Waals surface area contributed by atoms with E-state index in [9.17, 15) is 22.8 Å². The van der Waals surface area contributed by atoms with Crippen LogP contribution in [0.15, 0.2) is 70.0 Å². The first kappa shape index (κ1) is 20.2. The Hall–Kier alpha value is -3.49. The van der Waals surface area contributed by atoms with Crippen LogP contribution in [0, 0.1) is 0 Å². The SMILES string of the molecule is O=C(NCc1ccc(OCC(F)(F)F)cc1)c1ccc(Cn2ccccc2=O)o1. The number of hydrogen-bond donors (Lipinski definition) is 1. The molecule has 0 radical (unpaired) electrons. The third-order valence-corrected chi connectivity index (χ3v) is 3.89. The lowest BCUT2D eigenvalue weighted by molar-refractivity contribution is -0.153. The standard InChI is InChI=1S/C20H17F3N2O4/c21-20(22,23)13-28-15-6-4-14(5-7-15)11-24-19(27)17-9-8-16(29-17)12-25-10-2-1-3-18(25)26/h1-10H,11-13H2,(H,24,27). The molecule has 3 aromatic rings. The van der Waals surface area contributed by atoms with E-state index in [-0.39, 0.29) is 30.2 Å². The van der Waals surface area contributed by atoms with Crippen LogP contribution in [0.4, 0.5) is 13.2 Å². The zero-order valence-electron chi connectivity index (χ0n) is 15.1. The molecule has 1 amide bonds. The van der Waals surface area contributed by atoms with Crippen molar-refractivity contribution in [1.82, 2.24) is 9.88 Å². The van der Waals surface area contributed by atoms with Gasteiger partial charge in [-0.25, -0.2) is 0 Å². The number of rotatable bonds is 7. The molecule has 0 saturated carbocycles. The van der Waals surface area contributed by atoms with Gasteiger partial charge in [-0.3, -0.25) is 9.59 Å². The minimum absolute atomic E-state index is 0.0873. The van der Waals surface area contributed by atoms with Gasteiger partial charge in [-0.15, -0.1) is 0 Å². The van der Waals surface area contributed by atoms with Gasteiger partial charge in [-0.2, -0.15) is 13.2 Å². The van der Waals surface area contributed by atoms with E-state index in [0.29, 0.717) is 11.3 Å². The molecule has 0 spiro atoms. The van der Waals surface area contributed by atoms with E-state index in [1.165, 1.54) is 28.8 Å². The van der Waals surface area contributed by atoms with Crippen LogP contribution >= 0.6 is 0 Å². The lowest BCUT2D eigenvalue weighted by Crippen LogP contribution is -2.22. The predicted molar refractivity (Wildman–Crippen MR) is 97.7 cm³/mol. The molecule has 2 heterocycles. The van der Waals surface area contributed by atoms with Crippen molar-refractivity contribution in [3.8, 4) is 5.75 Å². The molecule has 2 aromatic heterocycles. The summed E-state index contributed by atoms with van der Waals surface area (Å²) in [6.45, 7) is -1.00. The number of alkyl halides is 3.